The van der Waals surface area contributed by atoms with E-state index in [1.807, 2.05) is 12.1 Å². The van der Waals surface area contributed by atoms with Crippen molar-refractivity contribution in [2.24, 2.45) is 5.92 Å². The van der Waals surface area contributed by atoms with Gasteiger partial charge < -0.3 is 14.0 Å². The fourth-order valence-electron chi connectivity index (χ4n) is 5.99. The first-order valence-electron chi connectivity index (χ1n) is 13.5. The molecule has 40 heavy (non-hydrogen) atoms. The number of benzene rings is 1. The molecule has 0 N–H and O–H groups in total. The molecule has 0 radical (unpaired) electrons. The van der Waals surface area contributed by atoms with E-state index in [1.165, 1.54) is 17.4 Å². The average Bonchev–Trinajstić information content (AvgIpc) is 3.42. The van der Waals surface area contributed by atoms with Gasteiger partial charge in [-0.15, -0.1) is 0 Å². The SMILES string of the molecule is N#Cc1ccc(COc2cccc(C34CCN(Cc5nc6sc(C=O)nc6n5CC5CCO5)CC3C4)n2)c(F)c1. The molecule has 0 spiro atoms. The summed E-state index contributed by atoms with van der Waals surface area (Å²) in [7, 11) is 0. The molecule has 11 heteroatoms. The van der Waals surface area contributed by atoms with Gasteiger partial charge >= 0.3 is 0 Å². The number of pyridine rings is 1. The molecule has 9 nitrogen and oxygen atoms in total. The van der Waals surface area contributed by atoms with E-state index < -0.39 is 5.82 Å². The number of nitriles is 1. The summed E-state index contributed by atoms with van der Waals surface area (Å²) >= 11 is 1.33. The summed E-state index contributed by atoms with van der Waals surface area (Å²) in [5, 5.41) is 9.40. The third-order valence-corrected chi connectivity index (χ3v) is 9.29. The third-order valence-electron chi connectivity index (χ3n) is 8.43. The van der Waals surface area contributed by atoms with Crippen LogP contribution in [0.5, 0.6) is 5.88 Å². The van der Waals surface area contributed by atoms with Crippen molar-refractivity contribution < 1.29 is 18.7 Å². The van der Waals surface area contributed by atoms with Crippen molar-refractivity contribution in [1.82, 2.24) is 24.4 Å². The number of hydrogen-bond donors (Lipinski definition) is 0. The molecule has 2 aliphatic heterocycles. The van der Waals surface area contributed by atoms with Crippen molar-refractivity contribution in [3.05, 3.63) is 69.9 Å². The predicted octanol–water partition coefficient (Wildman–Crippen LogP) is 4.24. The molecule has 4 aromatic rings. The maximum absolute atomic E-state index is 14.3. The lowest BCUT2D eigenvalue weighted by molar-refractivity contribution is -0.0593. The largest absolute Gasteiger partial charge is 0.473 e. The number of fused-ring (bicyclic) bond motifs is 2. The van der Waals surface area contributed by atoms with E-state index in [4.69, 9.17) is 24.7 Å². The smallest absolute Gasteiger partial charge is 0.213 e. The van der Waals surface area contributed by atoms with Gasteiger partial charge in [-0.05, 0) is 49.9 Å². The number of thiazole rings is 1. The zero-order chi connectivity index (χ0) is 27.3. The van der Waals surface area contributed by atoms with Gasteiger partial charge in [0.15, 0.2) is 21.8 Å². The lowest BCUT2D eigenvalue weighted by atomic mass is 9.91. The average molecular weight is 559 g/mol. The van der Waals surface area contributed by atoms with Gasteiger partial charge in [0, 0.05) is 30.2 Å². The maximum atomic E-state index is 14.3. The minimum absolute atomic E-state index is 0.0471. The van der Waals surface area contributed by atoms with Gasteiger partial charge in [-0.25, -0.2) is 19.3 Å². The number of nitrogens with zero attached hydrogens (tertiary/aromatic N) is 6. The molecule has 1 aromatic carbocycles. The maximum Gasteiger partial charge on any atom is 0.213 e. The number of aldehydes is 1. The normalized spacial score (nSPS) is 23.8. The van der Waals surface area contributed by atoms with Gasteiger partial charge in [-0.1, -0.05) is 23.5 Å². The van der Waals surface area contributed by atoms with Crippen LogP contribution >= 0.6 is 11.3 Å². The van der Waals surface area contributed by atoms with Crippen molar-refractivity contribution in [1.29, 1.82) is 5.26 Å². The predicted molar refractivity (Wildman–Crippen MR) is 145 cm³/mol. The number of halogens is 1. The van der Waals surface area contributed by atoms with E-state index in [1.54, 1.807) is 18.2 Å². The molecule has 0 amide bonds. The highest BCUT2D eigenvalue weighted by atomic mass is 32.1. The van der Waals surface area contributed by atoms with Gasteiger partial charge in [0.2, 0.25) is 5.88 Å². The monoisotopic (exact) mass is 558 g/mol. The first-order valence-corrected chi connectivity index (χ1v) is 14.3. The number of carbonyl (C=O) groups excluding carboxylic acids is 1. The van der Waals surface area contributed by atoms with Crippen LogP contribution in [-0.2, 0) is 29.8 Å². The number of imidazole rings is 1. The number of aromatic nitrogens is 4. The van der Waals surface area contributed by atoms with Gasteiger partial charge in [0.25, 0.3) is 0 Å². The number of rotatable bonds is 9. The second-order valence-electron chi connectivity index (χ2n) is 10.8. The number of piperidine rings is 1. The Morgan fingerprint density at radius 1 is 1.27 bits per heavy atom. The van der Waals surface area contributed by atoms with Crippen LogP contribution in [0.3, 0.4) is 0 Å². The van der Waals surface area contributed by atoms with E-state index in [0.717, 1.165) is 73.8 Å². The molecule has 0 bridgehead atoms. The van der Waals surface area contributed by atoms with Crippen molar-refractivity contribution in [2.45, 2.75) is 50.5 Å². The molecule has 3 fully saturated rings. The van der Waals surface area contributed by atoms with Crippen LogP contribution in [0.1, 0.15) is 51.7 Å². The van der Waals surface area contributed by atoms with Gasteiger partial charge in [0.1, 0.15) is 18.2 Å². The summed E-state index contributed by atoms with van der Waals surface area (Å²) in [5.41, 5.74) is 2.53. The van der Waals surface area contributed by atoms with Crippen molar-refractivity contribution in [3.63, 3.8) is 0 Å². The molecule has 3 unspecified atom stereocenters. The van der Waals surface area contributed by atoms with Crippen molar-refractivity contribution >= 4 is 28.1 Å². The van der Waals surface area contributed by atoms with Crippen LogP contribution in [0.4, 0.5) is 4.39 Å². The van der Waals surface area contributed by atoms with E-state index >= 15 is 0 Å². The summed E-state index contributed by atoms with van der Waals surface area (Å²) in [6, 6.07) is 12.2. The molecule has 1 aliphatic carbocycles. The molecule has 3 aromatic heterocycles. The first kappa shape index (κ1) is 25.3. The summed E-state index contributed by atoms with van der Waals surface area (Å²) in [6.07, 6.45) is 4.05. The molecule has 1 saturated carbocycles. The number of likely N-dealkylation sites (tertiary alicyclic amines) is 1. The van der Waals surface area contributed by atoms with Crippen LogP contribution in [0.25, 0.3) is 10.5 Å². The lowest BCUT2D eigenvalue weighted by Crippen LogP contribution is -2.37. The van der Waals surface area contributed by atoms with Crippen molar-refractivity contribution in [2.75, 3.05) is 19.7 Å². The Balaban J connectivity index is 1.02. The number of hydrogen-bond acceptors (Lipinski definition) is 9. The Labute approximate surface area is 234 Å². The van der Waals surface area contributed by atoms with E-state index in [0.29, 0.717) is 28.9 Å². The van der Waals surface area contributed by atoms with E-state index in [-0.39, 0.29) is 23.7 Å². The summed E-state index contributed by atoms with van der Waals surface area (Å²) in [4.78, 5) is 28.7. The number of ether oxygens (including phenoxy) is 2. The molecule has 7 rings (SSSR count). The summed E-state index contributed by atoms with van der Waals surface area (Å²) in [5.74, 6) is 1.49. The molecule has 2 saturated heterocycles. The van der Waals surface area contributed by atoms with Gasteiger partial charge in [-0.2, -0.15) is 5.26 Å². The summed E-state index contributed by atoms with van der Waals surface area (Å²) in [6.45, 7) is 4.15. The van der Waals surface area contributed by atoms with Crippen LogP contribution < -0.4 is 4.74 Å². The minimum Gasteiger partial charge on any atom is -0.473 e. The van der Waals surface area contributed by atoms with Gasteiger partial charge in [-0.3, -0.25) is 9.69 Å². The summed E-state index contributed by atoms with van der Waals surface area (Å²) < 4.78 is 27.9. The standard InChI is InChI=1S/C29H27FN6O3S/c30-22-10-18(12-31)4-5-19(22)17-39-25-3-1-2-23(32-25)29-7-8-35(13-20(29)11-29)15-24-33-28-27(34-26(16-37)40-28)36(24)14-21-6-9-38-21/h1-5,10,16,20-21H,6-9,11,13-15,17H2. The molecule has 3 atom stereocenters. The highest BCUT2D eigenvalue weighted by Gasteiger charge is 2.58. The zero-order valence-electron chi connectivity index (χ0n) is 21.8. The second kappa shape index (κ2) is 10.0. The molecule has 5 heterocycles. The molecular formula is C29H27FN6O3S. The minimum atomic E-state index is -0.455. The van der Waals surface area contributed by atoms with Crippen molar-refractivity contribution in [3.8, 4) is 11.9 Å². The highest BCUT2D eigenvalue weighted by molar-refractivity contribution is 7.19. The van der Waals surface area contributed by atoms with Crippen LogP contribution in [0.15, 0.2) is 36.4 Å². The van der Waals surface area contributed by atoms with Gasteiger partial charge in [0.05, 0.1) is 36.5 Å². The van der Waals surface area contributed by atoms with E-state index in [9.17, 15) is 9.18 Å². The van der Waals surface area contributed by atoms with Crippen LogP contribution in [-0.4, -0.2) is 56.5 Å². The Kier molecular flexibility index (Phi) is 6.34. The Hall–Kier alpha value is -3.72. The first-order chi connectivity index (χ1) is 19.5. The molecule has 204 valence electrons. The third kappa shape index (κ3) is 4.56. The molecular weight excluding hydrogens is 531 g/mol. The number of carbonyl (C=O) groups is 1. The lowest BCUT2D eigenvalue weighted by Gasteiger charge is -2.32. The molecule has 3 aliphatic rings. The Bertz CT molecular complexity index is 1640. The van der Waals surface area contributed by atoms with Crippen LogP contribution in [0, 0.1) is 23.1 Å². The topological polar surface area (TPSA) is 106 Å². The Morgan fingerprint density at radius 2 is 2.17 bits per heavy atom. The zero-order valence-corrected chi connectivity index (χ0v) is 22.6. The Morgan fingerprint density at radius 3 is 2.92 bits per heavy atom. The fourth-order valence-corrected chi connectivity index (χ4v) is 6.77. The van der Waals surface area contributed by atoms with E-state index in [2.05, 4.69) is 20.5 Å². The highest BCUT2D eigenvalue weighted by Crippen LogP contribution is 2.59. The quantitative estimate of drug-likeness (QED) is 0.281. The second-order valence-corrected chi connectivity index (χ2v) is 11.8. The van der Waals surface area contributed by atoms with Crippen LogP contribution in [0.2, 0.25) is 0 Å². The fraction of sp³-hybridized carbons (Fsp3) is 0.414.